The molecule has 0 aliphatic rings. The molecule has 3 nitrogen and oxygen atoms in total. The van der Waals surface area contributed by atoms with Gasteiger partial charge in [0.25, 0.3) is 0 Å². The summed E-state index contributed by atoms with van der Waals surface area (Å²) in [5.41, 5.74) is 2.68. The van der Waals surface area contributed by atoms with E-state index in [0.717, 1.165) is 19.5 Å². The van der Waals surface area contributed by atoms with E-state index in [-0.39, 0.29) is 0 Å². The number of aromatic nitrogens is 2. The number of nitrogens with one attached hydrogen (secondary N) is 1. The van der Waals surface area contributed by atoms with Crippen molar-refractivity contribution in [1.82, 2.24) is 14.9 Å². The molecule has 2 rings (SSSR count). The van der Waals surface area contributed by atoms with Crippen molar-refractivity contribution in [2.24, 2.45) is 0 Å². The van der Waals surface area contributed by atoms with Gasteiger partial charge < -0.3 is 9.88 Å². The molecular formula is C15H21N3. The Balaban J connectivity index is 1.73. The van der Waals surface area contributed by atoms with E-state index in [1.54, 1.807) is 0 Å². The summed E-state index contributed by atoms with van der Waals surface area (Å²) in [6, 6.07) is 9.09. The van der Waals surface area contributed by atoms with Crippen LogP contribution in [-0.2, 0) is 6.54 Å². The third-order valence-electron chi connectivity index (χ3n) is 3.14. The standard InChI is InChI=1S/C15H21N3/c1-13-5-3-6-15(11-13)14(2)17-7-4-9-18-10-8-16-12-18/h3,5-6,8,10-12,14,17H,4,7,9H2,1-2H3/t14-/m0/s1. The van der Waals surface area contributed by atoms with E-state index in [4.69, 9.17) is 0 Å². The quantitative estimate of drug-likeness (QED) is 0.791. The Morgan fingerprint density at radius 2 is 2.28 bits per heavy atom. The van der Waals surface area contributed by atoms with Crippen LogP contribution in [0.3, 0.4) is 0 Å². The van der Waals surface area contributed by atoms with E-state index in [1.807, 2.05) is 18.7 Å². The van der Waals surface area contributed by atoms with Gasteiger partial charge in [0.15, 0.2) is 0 Å². The minimum atomic E-state index is 0.410. The summed E-state index contributed by atoms with van der Waals surface area (Å²) in [7, 11) is 0. The highest BCUT2D eigenvalue weighted by molar-refractivity contribution is 5.24. The lowest BCUT2D eigenvalue weighted by molar-refractivity contribution is 0.526. The van der Waals surface area contributed by atoms with E-state index in [0.29, 0.717) is 6.04 Å². The summed E-state index contributed by atoms with van der Waals surface area (Å²) in [5.74, 6) is 0. The van der Waals surface area contributed by atoms with Crippen LogP contribution in [0.25, 0.3) is 0 Å². The molecule has 1 heterocycles. The fourth-order valence-electron chi connectivity index (χ4n) is 2.06. The largest absolute Gasteiger partial charge is 0.337 e. The molecule has 0 aliphatic carbocycles. The lowest BCUT2D eigenvalue weighted by atomic mass is 10.1. The number of imidazole rings is 1. The van der Waals surface area contributed by atoms with Gasteiger partial charge in [0.05, 0.1) is 6.33 Å². The van der Waals surface area contributed by atoms with Crippen molar-refractivity contribution in [2.75, 3.05) is 6.54 Å². The van der Waals surface area contributed by atoms with Crippen LogP contribution < -0.4 is 5.32 Å². The summed E-state index contributed by atoms with van der Waals surface area (Å²) >= 11 is 0. The highest BCUT2D eigenvalue weighted by Gasteiger charge is 2.03. The molecule has 18 heavy (non-hydrogen) atoms. The number of nitrogens with zero attached hydrogens (tertiary/aromatic N) is 2. The van der Waals surface area contributed by atoms with Gasteiger partial charge in [0.1, 0.15) is 0 Å². The van der Waals surface area contributed by atoms with Crippen molar-refractivity contribution in [2.45, 2.75) is 32.9 Å². The lowest BCUT2D eigenvalue weighted by Crippen LogP contribution is -2.20. The fraction of sp³-hybridized carbons (Fsp3) is 0.400. The predicted molar refractivity (Wildman–Crippen MR) is 74.4 cm³/mol. The molecule has 2 aromatic rings. The molecule has 0 radical (unpaired) electrons. The summed E-state index contributed by atoms with van der Waals surface area (Å²) in [6.45, 7) is 6.39. The zero-order valence-electron chi connectivity index (χ0n) is 11.1. The minimum Gasteiger partial charge on any atom is -0.337 e. The van der Waals surface area contributed by atoms with Gasteiger partial charge in [-0.2, -0.15) is 0 Å². The summed E-state index contributed by atoms with van der Waals surface area (Å²) in [4.78, 5) is 4.04. The van der Waals surface area contributed by atoms with Crippen molar-refractivity contribution in [3.8, 4) is 0 Å². The molecule has 0 aliphatic heterocycles. The molecule has 1 aromatic heterocycles. The molecule has 0 amide bonds. The Bertz CT molecular complexity index is 462. The zero-order chi connectivity index (χ0) is 12.8. The second-order valence-corrected chi connectivity index (χ2v) is 4.74. The van der Waals surface area contributed by atoms with Crippen LogP contribution in [0.2, 0.25) is 0 Å². The smallest absolute Gasteiger partial charge is 0.0945 e. The van der Waals surface area contributed by atoms with Gasteiger partial charge in [-0.15, -0.1) is 0 Å². The monoisotopic (exact) mass is 243 g/mol. The van der Waals surface area contributed by atoms with E-state index < -0.39 is 0 Å². The SMILES string of the molecule is Cc1cccc([C@H](C)NCCCn2ccnc2)c1. The van der Waals surface area contributed by atoms with Crippen LogP contribution >= 0.6 is 0 Å². The molecule has 1 N–H and O–H groups in total. The van der Waals surface area contributed by atoms with Gasteiger partial charge in [0, 0.05) is 25.0 Å². The first kappa shape index (κ1) is 12.8. The number of hydrogen-bond donors (Lipinski definition) is 1. The summed E-state index contributed by atoms with van der Waals surface area (Å²) in [5, 5.41) is 3.55. The van der Waals surface area contributed by atoms with E-state index in [9.17, 15) is 0 Å². The van der Waals surface area contributed by atoms with E-state index >= 15 is 0 Å². The van der Waals surface area contributed by atoms with Crippen molar-refractivity contribution < 1.29 is 0 Å². The highest BCUT2D eigenvalue weighted by atomic mass is 15.0. The number of aryl methyl sites for hydroxylation is 2. The normalized spacial score (nSPS) is 12.6. The first-order chi connectivity index (χ1) is 8.75. The molecule has 96 valence electrons. The second kappa shape index (κ2) is 6.36. The average Bonchev–Trinajstić information content (AvgIpc) is 2.87. The fourth-order valence-corrected chi connectivity index (χ4v) is 2.06. The van der Waals surface area contributed by atoms with Crippen LogP contribution in [0.4, 0.5) is 0 Å². The van der Waals surface area contributed by atoms with Gasteiger partial charge >= 0.3 is 0 Å². The van der Waals surface area contributed by atoms with E-state index in [1.165, 1.54) is 11.1 Å². The first-order valence-electron chi connectivity index (χ1n) is 6.51. The Hall–Kier alpha value is -1.61. The number of benzene rings is 1. The molecular weight excluding hydrogens is 222 g/mol. The maximum absolute atomic E-state index is 4.04. The molecule has 0 unspecified atom stereocenters. The zero-order valence-corrected chi connectivity index (χ0v) is 11.1. The van der Waals surface area contributed by atoms with Crippen LogP contribution in [-0.4, -0.2) is 16.1 Å². The Labute approximate surface area is 109 Å². The van der Waals surface area contributed by atoms with Crippen LogP contribution in [0.1, 0.15) is 30.5 Å². The minimum absolute atomic E-state index is 0.410. The van der Waals surface area contributed by atoms with Gasteiger partial charge in [-0.1, -0.05) is 29.8 Å². The predicted octanol–water partition coefficient (Wildman–Crippen LogP) is 2.93. The van der Waals surface area contributed by atoms with Crippen LogP contribution in [0.15, 0.2) is 43.0 Å². The molecule has 0 saturated heterocycles. The Morgan fingerprint density at radius 1 is 1.39 bits per heavy atom. The van der Waals surface area contributed by atoms with Crippen LogP contribution in [0.5, 0.6) is 0 Å². The molecule has 0 bridgehead atoms. The van der Waals surface area contributed by atoms with Crippen molar-refractivity contribution >= 4 is 0 Å². The maximum Gasteiger partial charge on any atom is 0.0945 e. The molecule has 3 heteroatoms. The second-order valence-electron chi connectivity index (χ2n) is 4.74. The summed E-state index contributed by atoms with van der Waals surface area (Å²) < 4.78 is 2.11. The topological polar surface area (TPSA) is 29.9 Å². The third kappa shape index (κ3) is 3.70. The summed E-state index contributed by atoms with van der Waals surface area (Å²) in [6.07, 6.45) is 6.81. The maximum atomic E-state index is 4.04. The van der Waals surface area contributed by atoms with Crippen molar-refractivity contribution in [3.05, 3.63) is 54.1 Å². The number of rotatable bonds is 6. The molecule has 0 fully saturated rings. The van der Waals surface area contributed by atoms with Gasteiger partial charge in [-0.3, -0.25) is 0 Å². The Kier molecular flexibility index (Phi) is 4.53. The lowest BCUT2D eigenvalue weighted by Gasteiger charge is -2.14. The Morgan fingerprint density at radius 3 is 3.00 bits per heavy atom. The molecule has 1 atom stereocenters. The molecule has 0 saturated carbocycles. The molecule has 0 spiro atoms. The molecule has 1 aromatic carbocycles. The van der Waals surface area contributed by atoms with Gasteiger partial charge in [-0.25, -0.2) is 4.98 Å². The van der Waals surface area contributed by atoms with Gasteiger partial charge in [0.2, 0.25) is 0 Å². The van der Waals surface area contributed by atoms with Crippen molar-refractivity contribution in [3.63, 3.8) is 0 Å². The number of hydrogen-bond acceptors (Lipinski definition) is 2. The van der Waals surface area contributed by atoms with Crippen molar-refractivity contribution in [1.29, 1.82) is 0 Å². The first-order valence-corrected chi connectivity index (χ1v) is 6.51. The third-order valence-corrected chi connectivity index (χ3v) is 3.14. The highest BCUT2D eigenvalue weighted by Crippen LogP contribution is 2.13. The van der Waals surface area contributed by atoms with Gasteiger partial charge in [-0.05, 0) is 32.4 Å². The van der Waals surface area contributed by atoms with Crippen LogP contribution in [0, 0.1) is 6.92 Å². The van der Waals surface area contributed by atoms with E-state index in [2.05, 4.69) is 53.0 Å². The average molecular weight is 243 g/mol.